The summed E-state index contributed by atoms with van der Waals surface area (Å²) in [4.78, 5) is 0. The molecule has 1 atom stereocenters. The summed E-state index contributed by atoms with van der Waals surface area (Å²) in [6.07, 6.45) is 7.41. The van der Waals surface area contributed by atoms with Gasteiger partial charge in [-0.05, 0) is 37.0 Å². The molecule has 1 unspecified atom stereocenters. The molecule has 1 aromatic carbocycles. The first-order valence-corrected chi connectivity index (χ1v) is 6.42. The normalized spacial score (nSPS) is 20.2. The number of hydrogen-bond acceptors (Lipinski definition) is 3. The van der Waals surface area contributed by atoms with Crippen molar-refractivity contribution >= 4 is 6.08 Å². The van der Waals surface area contributed by atoms with Crippen LogP contribution < -0.4 is 4.74 Å². The predicted molar refractivity (Wildman–Crippen MR) is 71.6 cm³/mol. The molecule has 1 aromatic rings. The Morgan fingerprint density at radius 3 is 2.78 bits per heavy atom. The maximum Gasteiger partial charge on any atom is 0.157 e. The van der Waals surface area contributed by atoms with Crippen molar-refractivity contribution in [3.05, 3.63) is 35.9 Å². The highest BCUT2D eigenvalue weighted by Gasteiger charge is 2.12. The molecule has 1 aliphatic rings. The van der Waals surface area contributed by atoms with Crippen LogP contribution in [0.15, 0.2) is 30.3 Å². The zero-order valence-electron chi connectivity index (χ0n) is 10.8. The lowest BCUT2D eigenvalue weighted by molar-refractivity contribution is -0.155. The molecule has 0 bridgehead atoms. The van der Waals surface area contributed by atoms with Gasteiger partial charge in [0.25, 0.3) is 0 Å². The van der Waals surface area contributed by atoms with E-state index in [-0.39, 0.29) is 6.29 Å². The third kappa shape index (κ3) is 4.17. The van der Waals surface area contributed by atoms with Crippen LogP contribution in [0, 0.1) is 0 Å². The Balaban J connectivity index is 1.72. The van der Waals surface area contributed by atoms with E-state index in [9.17, 15) is 0 Å². The zero-order chi connectivity index (χ0) is 12.6. The molecular weight excluding hydrogens is 228 g/mol. The molecule has 0 saturated carbocycles. The van der Waals surface area contributed by atoms with E-state index in [4.69, 9.17) is 14.2 Å². The molecule has 0 amide bonds. The highest BCUT2D eigenvalue weighted by Crippen LogP contribution is 2.14. The molecule has 1 saturated heterocycles. The fraction of sp³-hybridized carbons (Fsp3) is 0.467. The van der Waals surface area contributed by atoms with Crippen LogP contribution in [-0.2, 0) is 9.47 Å². The van der Waals surface area contributed by atoms with E-state index in [1.807, 2.05) is 36.4 Å². The van der Waals surface area contributed by atoms with Crippen LogP contribution in [0.5, 0.6) is 5.75 Å². The molecule has 3 nitrogen and oxygen atoms in total. The monoisotopic (exact) mass is 248 g/mol. The fourth-order valence-electron chi connectivity index (χ4n) is 1.90. The Labute approximate surface area is 108 Å². The van der Waals surface area contributed by atoms with Gasteiger partial charge in [0.05, 0.1) is 13.7 Å². The lowest BCUT2D eigenvalue weighted by Crippen LogP contribution is -2.22. The number of hydrogen-bond donors (Lipinski definition) is 0. The highest BCUT2D eigenvalue weighted by molar-refractivity contribution is 5.50. The molecule has 0 N–H and O–H groups in total. The molecule has 1 heterocycles. The first-order valence-electron chi connectivity index (χ1n) is 6.42. The average molecular weight is 248 g/mol. The average Bonchev–Trinajstić information content (AvgIpc) is 2.45. The minimum atomic E-state index is -0.0146. The number of methoxy groups -OCH3 is 1. The summed E-state index contributed by atoms with van der Waals surface area (Å²) in [5, 5.41) is 0. The second-order valence-corrected chi connectivity index (χ2v) is 4.30. The molecule has 1 fully saturated rings. The maximum atomic E-state index is 5.62. The second-order valence-electron chi connectivity index (χ2n) is 4.30. The molecular formula is C15H20O3. The van der Waals surface area contributed by atoms with Gasteiger partial charge in [-0.2, -0.15) is 0 Å². The van der Waals surface area contributed by atoms with Gasteiger partial charge in [0, 0.05) is 6.61 Å². The second kappa shape index (κ2) is 7.19. The molecule has 98 valence electrons. The van der Waals surface area contributed by atoms with Crippen molar-refractivity contribution in [2.45, 2.75) is 25.6 Å². The quantitative estimate of drug-likeness (QED) is 0.800. The van der Waals surface area contributed by atoms with Gasteiger partial charge in [0.1, 0.15) is 5.75 Å². The first kappa shape index (κ1) is 13.1. The van der Waals surface area contributed by atoms with Crippen LogP contribution in [0.4, 0.5) is 0 Å². The molecule has 1 aliphatic heterocycles. The van der Waals surface area contributed by atoms with Gasteiger partial charge < -0.3 is 14.2 Å². The van der Waals surface area contributed by atoms with Crippen LogP contribution in [0.2, 0.25) is 0 Å². The number of ether oxygens (including phenoxy) is 3. The maximum absolute atomic E-state index is 5.62. The van der Waals surface area contributed by atoms with Crippen LogP contribution in [0.3, 0.4) is 0 Å². The van der Waals surface area contributed by atoms with Crippen molar-refractivity contribution in [1.29, 1.82) is 0 Å². The minimum absolute atomic E-state index is 0.0146. The Morgan fingerprint density at radius 2 is 2.11 bits per heavy atom. The topological polar surface area (TPSA) is 27.7 Å². The summed E-state index contributed by atoms with van der Waals surface area (Å²) in [6.45, 7) is 1.42. The molecule has 0 aliphatic carbocycles. The van der Waals surface area contributed by atoms with Crippen molar-refractivity contribution in [3.63, 3.8) is 0 Å². The van der Waals surface area contributed by atoms with Crippen molar-refractivity contribution in [3.8, 4) is 5.75 Å². The summed E-state index contributed by atoms with van der Waals surface area (Å²) in [6, 6.07) is 7.94. The summed E-state index contributed by atoms with van der Waals surface area (Å²) < 4.78 is 16.2. The first-order chi connectivity index (χ1) is 8.88. The summed E-state index contributed by atoms with van der Waals surface area (Å²) >= 11 is 0. The van der Waals surface area contributed by atoms with Crippen LogP contribution in [0.1, 0.15) is 24.8 Å². The molecule has 0 aromatic heterocycles. The summed E-state index contributed by atoms with van der Waals surface area (Å²) in [5.74, 6) is 0.874. The Kier molecular flexibility index (Phi) is 5.24. The van der Waals surface area contributed by atoms with E-state index in [1.54, 1.807) is 7.11 Å². The summed E-state index contributed by atoms with van der Waals surface area (Å²) in [7, 11) is 1.67. The van der Waals surface area contributed by atoms with Crippen LogP contribution >= 0.6 is 0 Å². The van der Waals surface area contributed by atoms with Crippen molar-refractivity contribution in [2.75, 3.05) is 20.3 Å². The third-order valence-corrected chi connectivity index (χ3v) is 2.94. The van der Waals surface area contributed by atoms with E-state index >= 15 is 0 Å². The third-order valence-electron chi connectivity index (χ3n) is 2.94. The van der Waals surface area contributed by atoms with Gasteiger partial charge in [-0.1, -0.05) is 24.3 Å². The van der Waals surface area contributed by atoms with Gasteiger partial charge in [-0.15, -0.1) is 0 Å². The molecule has 2 rings (SSSR count). The van der Waals surface area contributed by atoms with Crippen molar-refractivity contribution < 1.29 is 14.2 Å². The van der Waals surface area contributed by atoms with E-state index in [0.29, 0.717) is 6.61 Å². The zero-order valence-corrected chi connectivity index (χ0v) is 10.8. The van der Waals surface area contributed by atoms with Gasteiger partial charge in [-0.25, -0.2) is 0 Å². The SMILES string of the molecule is COc1ccc(/C=C\COC2CCCCO2)cc1. The summed E-state index contributed by atoms with van der Waals surface area (Å²) in [5.41, 5.74) is 1.14. The smallest absolute Gasteiger partial charge is 0.157 e. The Morgan fingerprint density at radius 1 is 1.28 bits per heavy atom. The van der Waals surface area contributed by atoms with E-state index in [1.165, 1.54) is 6.42 Å². The van der Waals surface area contributed by atoms with E-state index < -0.39 is 0 Å². The minimum Gasteiger partial charge on any atom is -0.497 e. The van der Waals surface area contributed by atoms with Gasteiger partial charge in [0.15, 0.2) is 6.29 Å². The van der Waals surface area contributed by atoms with Crippen molar-refractivity contribution in [2.24, 2.45) is 0 Å². The number of rotatable bonds is 5. The highest BCUT2D eigenvalue weighted by atomic mass is 16.7. The molecule has 18 heavy (non-hydrogen) atoms. The van der Waals surface area contributed by atoms with Gasteiger partial charge >= 0.3 is 0 Å². The molecule has 3 heteroatoms. The predicted octanol–water partition coefficient (Wildman–Crippen LogP) is 3.25. The lowest BCUT2D eigenvalue weighted by atomic mass is 10.2. The van der Waals surface area contributed by atoms with Gasteiger partial charge in [-0.3, -0.25) is 0 Å². The van der Waals surface area contributed by atoms with Crippen molar-refractivity contribution in [1.82, 2.24) is 0 Å². The van der Waals surface area contributed by atoms with Crippen LogP contribution in [-0.4, -0.2) is 26.6 Å². The molecule has 0 spiro atoms. The standard InChI is InChI=1S/C15H20O3/c1-16-14-9-7-13(8-10-14)5-4-12-18-15-6-2-3-11-17-15/h4-5,7-10,15H,2-3,6,11-12H2,1H3/b5-4-. The number of benzene rings is 1. The van der Waals surface area contributed by atoms with Crippen LogP contribution in [0.25, 0.3) is 6.08 Å². The van der Waals surface area contributed by atoms with E-state index in [2.05, 4.69) is 0 Å². The van der Waals surface area contributed by atoms with E-state index in [0.717, 1.165) is 30.8 Å². The molecule has 0 radical (unpaired) electrons. The fourth-order valence-corrected chi connectivity index (χ4v) is 1.90. The lowest BCUT2D eigenvalue weighted by Gasteiger charge is -2.21. The largest absolute Gasteiger partial charge is 0.497 e. The Bertz CT molecular complexity index is 364. The van der Waals surface area contributed by atoms with Gasteiger partial charge in [0.2, 0.25) is 0 Å². The Hall–Kier alpha value is -1.32.